The third-order valence-corrected chi connectivity index (χ3v) is 4.01. The molecule has 0 aromatic carbocycles. The lowest BCUT2D eigenvalue weighted by molar-refractivity contribution is 0.372. The molecule has 0 spiro atoms. The van der Waals surface area contributed by atoms with Crippen LogP contribution in [0.5, 0.6) is 0 Å². The zero-order valence-electron chi connectivity index (χ0n) is 14.0. The van der Waals surface area contributed by atoms with E-state index in [1.165, 1.54) is 0 Å². The Morgan fingerprint density at radius 3 is 2.50 bits per heavy atom. The molecular weight excluding hydrogens is 268 g/mol. The number of hydrogen-bond donors (Lipinski definition) is 1. The topological polar surface area (TPSA) is 31.4 Å². The summed E-state index contributed by atoms with van der Waals surface area (Å²) in [6.07, 6.45) is 0. The van der Waals surface area contributed by atoms with Gasteiger partial charge < -0.3 is 15.1 Å². The highest BCUT2D eigenvalue weighted by molar-refractivity contribution is 7.13. The van der Waals surface area contributed by atoms with Crippen LogP contribution >= 0.6 is 11.3 Å². The summed E-state index contributed by atoms with van der Waals surface area (Å²) in [6, 6.07) is 0.476. The van der Waals surface area contributed by atoms with Crippen LogP contribution in [0.1, 0.15) is 40.3 Å². The Balaban J connectivity index is 2.68. The highest BCUT2D eigenvalue weighted by Crippen LogP contribution is 2.23. The molecule has 0 saturated carbocycles. The highest BCUT2D eigenvalue weighted by atomic mass is 32.1. The number of nitrogens with zero attached hydrogens (tertiary/aromatic N) is 3. The Labute approximate surface area is 128 Å². The van der Waals surface area contributed by atoms with Gasteiger partial charge in [0, 0.05) is 36.6 Å². The van der Waals surface area contributed by atoms with E-state index in [4.69, 9.17) is 4.98 Å². The summed E-state index contributed by atoms with van der Waals surface area (Å²) in [4.78, 5) is 9.38. The molecule has 0 bridgehead atoms. The lowest BCUT2D eigenvalue weighted by Gasteiger charge is -2.29. The van der Waals surface area contributed by atoms with Crippen molar-refractivity contribution in [2.45, 2.75) is 52.7 Å². The normalized spacial score (nSPS) is 13.8. The Morgan fingerprint density at radius 2 is 2.00 bits per heavy atom. The maximum Gasteiger partial charge on any atom is 0.185 e. The van der Waals surface area contributed by atoms with Crippen molar-refractivity contribution in [2.75, 3.05) is 32.1 Å². The molecule has 1 aromatic rings. The lowest BCUT2D eigenvalue weighted by atomic mass is 10.1. The molecule has 20 heavy (non-hydrogen) atoms. The molecule has 1 aromatic heterocycles. The minimum Gasteiger partial charge on any atom is -0.344 e. The van der Waals surface area contributed by atoms with Crippen molar-refractivity contribution in [3.05, 3.63) is 11.1 Å². The molecule has 0 aliphatic rings. The molecule has 0 radical (unpaired) electrons. The summed E-state index contributed by atoms with van der Waals surface area (Å²) in [5, 5.41) is 6.79. The van der Waals surface area contributed by atoms with Gasteiger partial charge >= 0.3 is 0 Å². The van der Waals surface area contributed by atoms with E-state index in [-0.39, 0.29) is 5.54 Å². The van der Waals surface area contributed by atoms with Gasteiger partial charge in [-0.05, 0) is 48.7 Å². The zero-order valence-corrected chi connectivity index (χ0v) is 14.8. The predicted octanol–water partition coefficient (Wildman–Crippen LogP) is 2.81. The highest BCUT2D eigenvalue weighted by Gasteiger charge is 2.17. The molecule has 0 fully saturated rings. The van der Waals surface area contributed by atoms with E-state index in [0.717, 1.165) is 30.5 Å². The van der Waals surface area contributed by atoms with Gasteiger partial charge in [0.15, 0.2) is 5.13 Å². The van der Waals surface area contributed by atoms with Crippen molar-refractivity contribution in [1.82, 2.24) is 15.2 Å². The summed E-state index contributed by atoms with van der Waals surface area (Å²) < 4.78 is 0. The van der Waals surface area contributed by atoms with Crippen molar-refractivity contribution < 1.29 is 0 Å². The minimum absolute atomic E-state index is 0.131. The summed E-state index contributed by atoms with van der Waals surface area (Å²) in [5.74, 6) is 0. The largest absolute Gasteiger partial charge is 0.344 e. The molecule has 0 aliphatic carbocycles. The fourth-order valence-corrected chi connectivity index (χ4v) is 3.12. The molecule has 1 N–H and O–H groups in total. The van der Waals surface area contributed by atoms with E-state index in [1.54, 1.807) is 11.3 Å². The van der Waals surface area contributed by atoms with Crippen molar-refractivity contribution in [1.29, 1.82) is 0 Å². The van der Waals surface area contributed by atoms with Crippen LogP contribution in [0.25, 0.3) is 0 Å². The van der Waals surface area contributed by atoms with Gasteiger partial charge in [-0.2, -0.15) is 0 Å². The fraction of sp³-hybridized carbons (Fsp3) is 0.800. The predicted molar refractivity (Wildman–Crippen MR) is 89.7 cm³/mol. The molecule has 1 unspecified atom stereocenters. The van der Waals surface area contributed by atoms with Crippen LogP contribution in [-0.2, 0) is 6.54 Å². The lowest BCUT2D eigenvalue weighted by Crippen LogP contribution is -2.40. The third kappa shape index (κ3) is 5.77. The van der Waals surface area contributed by atoms with Gasteiger partial charge in [-0.1, -0.05) is 0 Å². The van der Waals surface area contributed by atoms with Gasteiger partial charge in [-0.15, -0.1) is 11.3 Å². The van der Waals surface area contributed by atoms with Crippen LogP contribution in [0.15, 0.2) is 5.38 Å². The molecule has 0 saturated heterocycles. The summed E-state index contributed by atoms with van der Waals surface area (Å²) in [6.45, 7) is 13.9. The van der Waals surface area contributed by atoms with Crippen LogP contribution in [0.2, 0.25) is 0 Å². The molecule has 0 amide bonds. The monoisotopic (exact) mass is 298 g/mol. The van der Waals surface area contributed by atoms with Crippen LogP contribution in [0.3, 0.4) is 0 Å². The van der Waals surface area contributed by atoms with E-state index in [0.29, 0.717) is 6.04 Å². The van der Waals surface area contributed by atoms with E-state index >= 15 is 0 Å². The summed E-state index contributed by atoms with van der Waals surface area (Å²) in [7, 11) is 4.23. The minimum atomic E-state index is 0.131. The molecular formula is C15H30N4S. The Bertz CT molecular complexity index is 395. The van der Waals surface area contributed by atoms with Gasteiger partial charge in [0.2, 0.25) is 0 Å². The molecule has 1 heterocycles. The number of hydrogen-bond acceptors (Lipinski definition) is 5. The number of anilines is 1. The summed E-state index contributed by atoms with van der Waals surface area (Å²) in [5.41, 5.74) is 1.27. The van der Waals surface area contributed by atoms with E-state index in [2.05, 4.69) is 69.2 Å². The quantitative estimate of drug-likeness (QED) is 0.839. The zero-order chi connectivity index (χ0) is 15.3. The Hall–Kier alpha value is -0.650. The average molecular weight is 299 g/mol. The Morgan fingerprint density at radius 1 is 1.35 bits per heavy atom. The average Bonchev–Trinajstić information content (AvgIpc) is 2.74. The van der Waals surface area contributed by atoms with Gasteiger partial charge in [0.25, 0.3) is 0 Å². The maximum atomic E-state index is 4.78. The van der Waals surface area contributed by atoms with Gasteiger partial charge in [0.05, 0.1) is 5.69 Å². The second kappa shape index (κ2) is 7.38. The molecule has 1 rings (SSSR count). The van der Waals surface area contributed by atoms with Crippen LogP contribution in [0, 0.1) is 0 Å². The molecule has 1 atom stereocenters. The Kier molecular flexibility index (Phi) is 6.43. The summed E-state index contributed by atoms with van der Waals surface area (Å²) >= 11 is 1.74. The second-order valence-corrected chi connectivity index (χ2v) is 7.46. The third-order valence-electron chi connectivity index (χ3n) is 3.09. The first kappa shape index (κ1) is 17.4. The van der Waals surface area contributed by atoms with Crippen LogP contribution in [0.4, 0.5) is 5.13 Å². The first-order valence-electron chi connectivity index (χ1n) is 7.33. The molecule has 5 heteroatoms. The first-order chi connectivity index (χ1) is 9.23. The number of thiazole rings is 1. The van der Waals surface area contributed by atoms with Crippen molar-refractivity contribution in [3.63, 3.8) is 0 Å². The number of aromatic nitrogens is 1. The van der Waals surface area contributed by atoms with Gasteiger partial charge in [-0.25, -0.2) is 4.98 Å². The van der Waals surface area contributed by atoms with Crippen molar-refractivity contribution in [3.8, 4) is 0 Å². The van der Waals surface area contributed by atoms with Gasteiger partial charge in [0.1, 0.15) is 0 Å². The standard InChI is InChI=1S/C15H30N4S/c1-8-19(12(2)10-18(6)7)14-17-13(11-20-14)9-16-15(3,4)5/h11-12,16H,8-10H2,1-7H3. The SMILES string of the molecule is CCN(c1nc(CNC(C)(C)C)cs1)C(C)CN(C)C. The fourth-order valence-electron chi connectivity index (χ4n) is 2.13. The van der Waals surface area contributed by atoms with Crippen molar-refractivity contribution >= 4 is 16.5 Å². The van der Waals surface area contributed by atoms with E-state index in [9.17, 15) is 0 Å². The second-order valence-electron chi connectivity index (χ2n) is 6.62. The number of nitrogens with one attached hydrogen (secondary N) is 1. The molecule has 0 aliphatic heterocycles. The van der Waals surface area contributed by atoms with E-state index < -0.39 is 0 Å². The number of rotatable bonds is 7. The van der Waals surface area contributed by atoms with Gasteiger partial charge in [-0.3, -0.25) is 0 Å². The first-order valence-corrected chi connectivity index (χ1v) is 8.21. The van der Waals surface area contributed by atoms with Crippen molar-refractivity contribution in [2.24, 2.45) is 0 Å². The van der Waals surface area contributed by atoms with E-state index in [1.807, 2.05) is 0 Å². The maximum absolute atomic E-state index is 4.78. The smallest absolute Gasteiger partial charge is 0.185 e. The van der Waals surface area contributed by atoms with Crippen LogP contribution < -0.4 is 10.2 Å². The number of likely N-dealkylation sites (N-methyl/N-ethyl adjacent to an activating group) is 2. The molecule has 116 valence electrons. The van der Waals surface area contributed by atoms with Crippen LogP contribution in [-0.4, -0.2) is 48.6 Å². The molecule has 4 nitrogen and oxygen atoms in total.